The molecule has 0 amide bonds. The summed E-state index contributed by atoms with van der Waals surface area (Å²) in [4.78, 5) is 14.4. The smallest absolute Gasteiger partial charge is 0.200 e. The van der Waals surface area contributed by atoms with Crippen LogP contribution < -0.4 is 0 Å². The van der Waals surface area contributed by atoms with Crippen LogP contribution in [0.1, 0.15) is 54.7 Å². The van der Waals surface area contributed by atoms with Gasteiger partial charge in [-0.25, -0.2) is 0 Å². The van der Waals surface area contributed by atoms with Crippen molar-refractivity contribution in [2.75, 3.05) is 6.61 Å². The van der Waals surface area contributed by atoms with Crippen molar-refractivity contribution in [3.63, 3.8) is 0 Å². The van der Waals surface area contributed by atoms with E-state index in [-0.39, 0.29) is 16.9 Å². The van der Waals surface area contributed by atoms with Crippen LogP contribution in [0, 0.1) is 5.41 Å². The molecule has 0 aromatic heterocycles. The minimum Gasteiger partial charge on any atom is -0.355 e. The van der Waals surface area contributed by atoms with E-state index in [4.69, 9.17) is 9.26 Å². The van der Waals surface area contributed by atoms with E-state index in [0.717, 1.165) is 22.3 Å². The molecule has 4 heteroatoms. The molecule has 0 saturated carbocycles. The fourth-order valence-corrected chi connectivity index (χ4v) is 8.90. The van der Waals surface area contributed by atoms with Crippen molar-refractivity contribution in [1.29, 1.82) is 0 Å². The first-order valence-corrected chi connectivity index (χ1v) is 12.6. The molecule has 3 aromatic carbocycles. The summed E-state index contributed by atoms with van der Waals surface area (Å²) in [6, 6.07) is 28.3. The summed E-state index contributed by atoms with van der Waals surface area (Å²) in [5.74, 6) is 0.0375. The average molecular weight is 445 g/mol. The number of hydrogen-bond donors (Lipinski definition) is 0. The third-order valence-electron chi connectivity index (χ3n) is 6.57. The van der Waals surface area contributed by atoms with E-state index >= 15 is 0 Å². The molecule has 2 aliphatic rings. The SMILES string of the molecule is CCO[P@@]1[C@H](C(C)(C)C)[C@@]2(c3ccccc3)O[C@]1(c1ccccc1)c1ccccc1C2=O. The molecule has 32 heavy (non-hydrogen) atoms. The van der Waals surface area contributed by atoms with Crippen LogP contribution in [0.25, 0.3) is 0 Å². The van der Waals surface area contributed by atoms with Gasteiger partial charge in [0.05, 0.1) is 13.8 Å². The summed E-state index contributed by atoms with van der Waals surface area (Å²) in [5, 5.41) is -0.815. The Balaban J connectivity index is 1.93. The molecule has 2 heterocycles. The van der Waals surface area contributed by atoms with Gasteiger partial charge in [0.2, 0.25) is 0 Å². The summed E-state index contributed by atoms with van der Waals surface area (Å²) in [6.07, 6.45) is 0. The zero-order chi connectivity index (χ0) is 22.6. The lowest BCUT2D eigenvalue weighted by Crippen LogP contribution is -2.52. The minimum absolute atomic E-state index is 0.0375. The lowest BCUT2D eigenvalue weighted by Gasteiger charge is -2.43. The van der Waals surface area contributed by atoms with Crippen LogP contribution in [0.3, 0.4) is 0 Å². The van der Waals surface area contributed by atoms with Crippen molar-refractivity contribution in [2.45, 2.75) is 44.3 Å². The quantitative estimate of drug-likeness (QED) is 0.413. The summed E-state index contributed by atoms with van der Waals surface area (Å²) in [7, 11) is -1.23. The Labute approximate surface area is 191 Å². The first-order chi connectivity index (χ1) is 15.4. The third-order valence-corrected chi connectivity index (χ3v) is 9.92. The monoisotopic (exact) mass is 444 g/mol. The minimum atomic E-state index is -1.23. The van der Waals surface area contributed by atoms with E-state index < -0.39 is 19.1 Å². The highest BCUT2D eigenvalue weighted by molar-refractivity contribution is 7.55. The van der Waals surface area contributed by atoms with E-state index in [1.165, 1.54) is 0 Å². The number of ether oxygens (including phenoxy) is 1. The van der Waals surface area contributed by atoms with E-state index in [0.29, 0.717) is 6.61 Å². The molecule has 0 spiro atoms. The summed E-state index contributed by atoms with van der Waals surface area (Å²) < 4.78 is 13.9. The van der Waals surface area contributed by atoms with Gasteiger partial charge in [-0.2, -0.15) is 0 Å². The maximum absolute atomic E-state index is 14.4. The standard InChI is InChI=1S/C28H29O3P/c1-5-30-32-25(26(2,3)4)27(20-14-8-6-9-15-20)24(29)22-18-12-13-19-23(22)28(32,31-27)21-16-10-7-11-17-21/h6-19,25H,5H2,1-4H3/t25-,27+,28+,32+/m1/s1. The Morgan fingerprint density at radius 2 is 1.44 bits per heavy atom. The van der Waals surface area contributed by atoms with Crippen LogP contribution in [0.2, 0.25) is 0 Å². The van der Waals surface area contributed by atoms with Crippen LogP contribution in [0.4, 0.5) is 0 Å². The second-order valence-electron chi connectivity index (χ2n) is 9.60. The van der Waals surface area contributed by atoms with Crippen molar-refractivity contribution in [3.05, 3.63) is 107 Å². The highest BCUT2D eigenvalue weighted by atomic mass is 31.1. The van der Waals surface area contributed by atoms with Gasteiger partial charge in [0, 0.05) is 17.7 Å². The van der Waals surface area contributed by atoms with Gasteiger partial charge in [0.25, 0.3) is 0 Å². The van der Waals surface area contributed by atoms with Crippen molar-refractivity contribution in [1.82, 2.24) is 0 Å². The first-order valence-electron chi connectivity index (χ1n) is 11.2. The highest BCUT2D eigenvalue weighted by Crippen LogP contribution is 2.79. The zero-order valence-corrected chi connectivity index (χ0v) is 19.9. The summed E-state index contributed by atoms with van der Waals surface area (Å²) >= 11 is 0. The topological polar surface area (TPSA) is 35.5 Å². The molecule has 164 valence electrons. The van der Waals surface area contributed by atoms with Crippen molar-refractivity contribution in [2.24, 2.45) is 5.41 Å². The molecule has 2 aliphatic heterocycles. The molecule has 2 bridgehead atoms. The molecular weight excluding hydrogens is 415 g/mol. The molecule has 3 aromatic rings. The molecule has 1 saturated heterocycles. The van der Waals surface area contributed by atoms with Crippen LogP contribution in [0.15, 0.2) is 84.9 Å². The Morgan fingerprint density at radius 3 is 2.03 bits per heavy atom. The lowest BCUT2D eigenvalue weighted by molar-refractivity contribution is -0.0803. The number of Topliss-reactive ketones (excluding diaryl/α,β-unsaturated/α-hetero) is 1. The number of ketones is 1. The predicted octanol–water partition coefficient (Wildman–Crippen LogP) is 6.86. The highest BCUT2D eigenvalue weighted by Gasteiger charge is 2.73. The Kier molecular flexibility index (Phi) is 5.13. The van der Waals surface area contributed by atoms with Gasteiger partial charge < -0.3 is 9.26 Å². The molecule has 0 N–H and O–H groups in total. The van der Waals surface area contributed by atoms with E-state index in [9.17, 15) is 4.79 Å². The second-order valence-corrected chi connectivity index (χ2v) is 11.7. The van der Waals surface area contributed by atoms with Gasteiger partial charge >= 0.3 is 0 Å². The third kappa shape index (κ3) is 2.81. The Hall–Kier alpha value is -2.32. The van der Waals surface area contributed by atoms with E-state index in [2.05, 4.69) is 39.0 Å². The number of carbonyl (C=O) groups excluding carboxylic acids is 1. The van der Waals surface area contributed by atoms with Crippen molar-refractivity contribution >= 4 is 13.9 Å². The number of fused-ring (bicyclic) bond motifs is 4. The molecule has 4 atom stereocenters. The maximum atomic E-state index is 14.4. The largest absolute Gasteiger partial charge is 0.355 e. The summed E-state index contributed by atoms with van der Waals surface area (Å²) in [5.41, 5.74) is 2.15. The lowest BCUT2D eigenvalue weighted by atomic mass is 9.71. The van der Waals surface area contributed by atoms with E-state index in [1.54, 1.807) is 0 Å². The predicted molar refractivity (Wildman–Crippen MR) is 129 cm³/mol. The fourth-order valence-electron chi connectivity index (χ4n) is 5.51. The van der Waals surface area contributed by atoms with Gasteiger partial charge in [0.15, 0.2) is 16.7 Å². The fraction of sp³-hybridized carbons (Fsp3) is 0.321. The van der Waals surface area contributed by atoms with Gasteiger partial charge in [-0.05, 0) is 23.5 Å². The number of carbonyl (C=O) groups is 1. The molecule has 0 unspecified atom stereocenters. The van der Waals surface area contributed by atoms with Crippen LogP contribution >= 0.6 is 8.15 Å². The van der Waals surface area contributed by atoms with E-state index in [1.807, 2.05) is 73.7 Å². The number of benzene rings is 3. The van der Waals surface area contributed by atoms with Crippen LogP contribution in [-0.4, -0.2) is 18.0 Å². The Morgan fingerprint density at radius 1 is 0.875 bits per heavy atom. The normalized spacial score (nSPS) is 29.1. The average Bonchev–Trinajstić information content (AvgIpc) is 3.10. The first kappa shape index (κ1) is 21.5. The molecular formula is C28H29O3P. The van der Waals surface area contributed by atoms with Gasteiger partial charge in [-0.3, -0.25) is 4.79 Å². The number of hydrogen-bond acceptors (Lipinski definition) is 3. The van der Waals surface area contributed by atoms with Gasteiger partial charge in [-0.1, -0.05) is 106 Å². The summed E-state index contributed by atoms with van der Waals surface area (Å²) in [6.45, 7) is 9.22. The Bertz CT molecular complexity index is 1140. The van der Waals surface area contributed by atoms with Crippen molar-refractivity contribution in [3.8, 4) is 0 Å². The maximum Gasteiger partial charge on any atom is 0.200 e. The van der Waals surface area contributed by atoms with Gasteiger partial charge in [-0.15, -0.1) is 0 Å². The van der Waals surface area contributed by atoms with Gasteiger partial charge in [0.1, 0.15) is 0 Å². The molecule has 3 nitrogen and oxygen atoms in total. The molecule has 0 aliphatic carbocycles. The van der Waals surface area contributed by atoms with Crippen molar-refractivity contribution < 1.29 is 14.1 Å². The molecule has 0 radical (unpaired) electrons. The second kappa shape index (κ2) is 7.63. The van der Waals surface area contributed by atoms with Crippen LogP contribution in [0.5, 0.6) is 0 Å². The molecule has 1 fully saturated rings. The van der Waals surface area contributed by atoms with Crippen LogP contribution in [-0.2, 0) is 20.2 Å². The zero-order valence-electron chi connectivity index (χ0n) is 19.0. The molecule has 5 rings (SSSR count). The number of rotatable bonds is 4.